The maximum Gasteiger partial charge on any atom is 0.144 e. The largest absolute Gasteiger partial charge is 0.299 e. The Bertz CT molecular complexity index is 2200. The van der Waals surface area contributed by atoms with Crippen molar-refractivity contribution in [3.05, 3.63) is 132 Å². The maximum atomic E-state index is 4.97. The Kier molecular flexibility index (Phi) is 5.90. The lowest BCUT2D eigenvalue weighted by Gasteiger charge is -2.25. The average molecular weight is 571 g/mol. The number of fused-ring (bicyclic) bond motifs is 10. The van der Waals surface area contributed by atoms with Crippen LogP contribution in [0.2, 0.25) is 0 Å². The van der Waals surface area contributed by atoms with Gasteiger partial charge in [0.2, 0.25) is 0 Å². The van der Waals surface area contributed by atoms with Gasteiger partial charge in [0, 0.05) is 23.4 Å². The van der Waals surface area contributed by atoms with Gasteiger partial charge in [-0.25, -0.2) is 4.98 Å². The molecule has 0 spiro atoms. The molecule has 2 heteroatoms. The molecule has 8 rings (SSSR count). The lowest BCUT2D eigenvalue weighted by molar-refractivity contribution is 0.666. The van der Waals surface area contributed by atoms with E-state index in [4.69, 9.17) is 4.98 Å². The van der Waals surface area contributed by atoms with E-state index in [1.807, 2.05) is 6.20 Å². The van der Waals surface area contributed by atoms with E-state index < -0.39 is 0 Å². The molecule has 0 saturated carbocycles. The van der Waals surface area contributed by atoms with Crippen LogP contribution in [0.1, 0.15) is 75.6 Å². The van der Waals surface area contributed by atoms with Crippen LogP contribution in [0.4, 0.5) is 0 Å². The summed E-state index contributed by atoms with van der Waals surface area (Å²) >= 11 is 0. The molecular formula is C42H38N2. The van der Waals surface area contributed by atoms with E-state index in [1.54, 1.807) is 0 Å². The first kappa shape index (κ1) is 26.9. The van der Waals surface area contributed by atoms with Gasteiger partial charge in [-0.1, -0.05) is 133 Å². The van der Waals surface area contributed by atoms with Gasteiger partial charge in [-0.2, -0.15) is 0 Å². The van der Waals surface area contributed by atoms with Crippen LogP contribution in [0.3, 0.4) is 0 Å². The molecule has 6 aromatic carbocycles. The third-order valence-corrected chi connectivity index (χ3v) is 10.00. The highest BCUT2D eigenvalue weighted by Crippen LogP contribution is 2.54. The van der Waals surface area contributed by atoms with Gasteiger partial charge in [-0.15, -0.1) is 0 Å². The normalized spacial score (nSPS) is 13.8. The van der Waals surface area contributed by atoms with Crippen LogP contribution in [-0.2, 0) is 5.41 Å². The third-order valence-electron chi connectivity index (χ3n) is 10.00. The topological polar surface area (TPSA) is 17.8 Å². The van der Waals surface area contributed by atoms with Gasteiger partial charge >= 0.3 is 0 Å². The fraction of sp³-hybridized carbons (Fsp3) is 0.214. The predicted molar refractivity (Wildman–Crippen MR) is 187 cm³/mol. The van der Waals surface area contributed by atoms with Crippen molar-refractivity contribution in [2.24, 2.45) is 0 Å². The van der Waals surface area contributed by atoms with Gasteiger partial charge in [-0.3, -0.25) is 4.57 Å². The van der Waals surface area contributed by atoms with Crippen molar-refractivity contribution in [2.45, 2.75) is 58.8 Å². The van der Waals surface area contributed by atoms with Crippen LogP contribution in [0.15, 0.2) is 109 Å². The summed E-state index contributed by atoms with van der Waals surface area (Å²) in [6, 6.07) is 36.3. The number of hydrogen-bond donors (Lipinski definition) is 0. The molecule has 1 aliphatic carbocycles. The van der Waals surface area contributed by atoms with Crippen molar-refractivity contribution in [3.63, 3.8) is 0 Å². The van der Waals surface area contributed by atoms with Crippen LogP contribution < -0.4 is 0 Å². The summed E-state index contributed by atoms with van der Waals surface area (Å²) in [4.78, 5) is 4.97. The monoisotopic (exact) mass is 570 g/mol. The Morgan fingerprint density at radius 3 is 1.84 bits per heavy atom. The lowest BCUT2D eigenvalue weighted by Crippen LogP contribution is -2.15. The van der Waals surface area contributed by atoms with Crippen molar-refractivity contribution in [3.8, 4) is 28.2 Å². The smallest absolute Gasteiger partial charge is 0.144 e. The third kappa shape index (κ3) is 3.70. The zero-order valence-electron chi connectivity index (χ0n) is 26.4. The SMILES string of the molecule is CC(C)c1cccc(C(C)C)c1-n1ccnc1-c1ccc2c(c1)-c1ccc3c4ccccc4c4ccccc4c3c1C2(C)C. The Labute approximate surface area is 260 Å². The van der Waals surface area contributed by atoms with Gasteiger partial charge in [-0.05, 0) is 83.6 Å². The molecule has 0 fully saturated rings. The van der Waals surface area contributed by atoms with Crippen molar-refractivity contribution >= 4 is 32.3 Å². The summed E-state index contributed by atoms with van der Waals surface area (Å²) < 4.78 is 2.33. The highest BCUT2D eigenvalue weighted by molar-refractivity contribution is 6.27. The quantitative estimate of drug-likeness (QED) is 0.192. The van der Waals surface area contributed by atoms with Crippen molar-refractivity contribution in [2.75, 3.05) is 0 Å². The Morgan fingerprint density at radius 2 is 1.20 bits per heavy atom. The summed E-state index contributed by atoms with van der Waals surface area (Å²) in [5, 5.41) is 8.02. The van der Waals surface area contributed by atoms with E-state index in [2.05, 4.69) is 149 Å². The second-order valence-electron chi connectivity index (χ2n) is 13.6. The molecule has 1 aromatic heterocycles. The van der Waals surface area contributed by atoms with Gasteiger partial charge in [0.15, 0.2) is 0 Å². The molecule has 7 aromatic rings. The summed E-state index contributed by atoms with van der Waals surface area (Å²) in [5.41, 5.74) is 10.5. The highest BCUT2D eigenvalue weighted by Gasteiger charge is 2.38. The first-order valence-corrected chi connectivity index (χ1v) is 16.0. The minimum atomic E-state index is -0.140. The number of benzene rings is 6. The van der Waals surface area contributed by atoms with Crippen LogP contribution in [0.5, 0.6) is 0 Å². The molecule has 0 bridgehead atoms. The zero-order chi connectivity index (χ0) is 30.3. The zero-order valence-corrected chi connectivity index (χ0v) is 26.4. The fourth-order valence-electron chi connectivity index (χ4n) is 7.94. The number of nitrogens with zero attached hydrogens (tertiary/aromatic N) is 2. The minimum Gasteiger partial charge on any atom is -0.299 e. The lowest BCUT2D eigenvalue weighted by atomic mass is 9.78. The maximum absolute atomic E-state index is 4.97. The van der Waals surface area contributed by atoms with Gasteiger partial charge in [0.05, 0.1) is 5.69 Å². The van der Waals surface area contributed by atoms with E-state index in [-0.39, 0.29) is 5.41 Å². The molecule has 1 aliphatic rings. The van der Waals surface area contributed by atoms with Crippen LogP contribution in [-0.4, -0.2) is 9.55 Å². The number of rotatable bonds is 4. The molecule has 2 nitrogen and oxygen atoms in total. The van der Waals surface area contributed by atoms with E-state index >= 15 is 0 Å². The molecule has 0 aliphatic heterocycles. The highest BCUT2D eigenvalue weighted by atomic mass is 15.1. The summed E-state index contributed by atoms with van der Waals surface area (Å²) in [6.45, 7) is 13.9. The molecule has 1 heterocycles. The minimum absolute atomic E-state index is 0.140. The molecule has 0 unspecified atom stereocenters. The number of para-hydroxylation sites is 1. The summed E-state index contributed by atoms with van der Waals surface area (Å²) in [7, 11) is 0. The number of imidazole rings is 1. The van der Waals surface area contributed by atoms with E-state index in [9.17, 15) is 0 Å². The molecule has 0 amide bonds. The van der Waals surface area contributed by atoms with Crippen LogP contribution >= 0.6 is 0 Å². The Hall–Kier alpha value is -4.69. The standard InChI is InChI=1S/C42H38N2/c1-25(2)28-16-11-17-29(26(3)4)40(28)44-23-22-43-41(44)27-18-21-37-36(24-27)35-20-19-34-32-14-8-7-12-30(32)31-13-9-10-15-33(31)38(34)39(35)42(37,5)6/h7-26H,1-6H3. The Balaban J connectivity index is 1.38. The fourth-order valence-corrected chi connectivity index (χ4v) is 7.94. The van der Waals surface area contributed by atoms with E-state index in [1.165, 1.54) is 71.4 Å². The molecule has 0 saturated heterocycles. The van der Waals surface area contributed by atoms with Crippen molar-refractivity contribution in [1.82, 2.24) is 9.55 Å². The van der Waals surface area contributed by atoms with E-state index in [0.29, 0.717) is 11.8 Å². The van der Waals surface area contributed by atoms with Gasteiger partial charge in [0.25, 0.3) is 0 Å². The summed E-state index contributed by atoms with van der Waals surface area (Å²) in [6.07, 6.45) is 4.09. The Morgan fingerprint density at radius 1 is 0.614 bits per heavy atom. The van der Waals surface area contributed by atoms with Gasteiger partial charge < -0.3 is 0 Å². The molecule has 0 atom stereocenters. The first-order valence-electron chi connectivity index (χ1n) is 16.0. The predicted octanol–water partition coefficient (Wildman–Crippen LogP) is 11.6. The molecule has 216 valence electrons. The average Bonchev–Trinajstić information content (AvgIpc) is 3.61. The van der Waals surface area contributed by atoms with E-state index in [0.717, 1.165) is 11.4 Å². The second kappa shape index (κ2) is 9.66. The molecule has 44 heavy (non-hydrogen) atoms. The number of hydrogen-bond acceptors (Lipinski definition) is 1. The van der Waals surface area contributed by atoms with Crippen LogP contribution in [0.25, 0.3) is 60.5 Å². The molecule has 0 N–H and O–H groups in total. The van der Waals surface area contributed by atoms with Gasteiger partial charge in [0.1, 0.15) is 5.82 Å². The summed E-state index contributed by atoms with van der Waals surface area (Å²) in [5.74, 6) is 1.81. The van der Waals surface area contributed by atoms with Crippen LogP contribution in [0, 0.1) is 0 Å². The molecule has 0 radical (unpaired) electrons. The molecular weight excluding hydrogens is 532 g/mol. The second-order valence-corrected chi connectivity index (χ2v) is 13.6. The van der Waals surface area contributed by atoms with Crippen molar-refractivity contribution < 1.29 is 0 Å². The first-order chi connectivity index (χ1) is 21.3. The van der Waals surface area contributed by atoms with Crippen molar-refractivity contribution in [1.29, 1.82) is 0 Å². The number of aromatic nitrogens is 2.